The highest BCUT2D eigenvalue weighted by molar-refractivity contribution is 6.20. The van der Waals surface area contributed by atoms with Crippen molar-refractivity contribution >= 4 is 23.3 Å². The van der Waals surface area contributed by atoms with Gasteiger partial charge >= 0.3 is 12.2 Å². The van der Waals surface area contributed by atoms with Gasteiger partial charge in [0.15, 0.2) is 0 Å². The zero-order valence-electron chi connectivity index (χ0n) is 22.0. The van der Waals surface area contributed by atoms with Gasteiger partial charge in [-0.25, -0.2) is 4.99 Å². The van der Waals surface area contributed by atoms with Crippen molar-refractivity contribution in [2.24, 2.45) is 10.9 Å². The van der Waals surface area contributed by atoms with Gasteiger partial charge in [-0.15, -0.1) is 5.10 Å². The van der Waals surface area contributed by atoms with Crippen LogP contribution in [0.2, 0.25) is 0 Å². The Balaban J connectivity index is 1.47. The van der Waals surface area contributed by atoms with Gasteiger partial charge in [-0.2, -0.15) is 13.2 Å². The number of nitrogens with one attached hydrogen (secondary N) is 2. The van der Waals surface area contributed by atoms with Crippen molar-refractivity contribution < 1.29 is 27.1 Å². The minimum absolute atomic E-state index is 0.0663. The van der Waals surface area contributed by atoms with E-state index >= 15 is 0 Å². The molecule has 0 radical (unpaired) electrons. The van der Waals surface area contributed by atoms with Crippen LogP contribution in [0, 0.1) is 5.92 Å². The Bertz CT molecular complexity index is 1510. The number of halogens is 3. The quantitative estimate of drug-likeness (QED) is 0.350. The number of carbonyl (C=O) groups is 1. The number of anilines is 2. The van der Waals surface area contributed by atoms with E-state index in [1.165, 1.54) is 0 Å². The number of ether oxygens (including phenoxy) is 1. The number of methoxy groups -OCH3 is 1. The van der Waals surface area contributed by atoms with Crippen LogP contribution < -0.4 is 10.6 Å². The molecule has 12 heteroatoms. The normalized spacial score (nSPS) is 21.1. The van der Waals surface area contributed by atoms with Crippen LogP contribution in [0.15, 0.2) is 69.7 Å². The molecule has 1 saturated carbocycles. The lowest BCUT2D eigenvalue weighted by molar-refractivity contribution is -0.137. The highest BCUT2D eigenvalue weighted by Gasteiger charge is 2.42. The molecule has 2 N–H and O–H groups in total. The monoisotopic (exact) mass is 552 g/mol. The molecular formula is C28H27F3N6O3. The van der Waals surface area contributed by atoms with E-state index in [0.717, 1.165) is 23.4 Å². The number of hydrogen-bond donors (Lipinski definition) is 2. The molecule has 1 aliphatic carbocycles. The molecule has 3 aromatic rings. The number of allylic oxidation sites excluding steroid dienone is 4. The summed E-state index contributed by atoms with van der Waals surface area (Å²) in [6.07, 6.45) is 1.37. The van der Waals surface area contributed by atoms with Gasteiger partial charge in [-0.3, -0.25) is 9.78 Å². The number of alkyl halides is 3. The fraction of sp³-hybridized carbons (Fsp3) is 0.321. The standard InChI is InChI=1S/C28H27F3N6O3/c1-4-8-15(5-2)22-18-9-6-7-10-21(18)33-25(38)24(34-22)35-27-37-36-26(40-27)23-20(19-11-16(19)14-39-3)12-17(13-32-23)28(29,30)31/h4-10,12-13,16,19,24H,11,14H2,1-3H3,(H,33,38)(H,35,37)/b8-4-,15-5+/t16-,19+,24+/m0/s1. The van der Waals surface area contributed by atoms with E-state index < -0.39 is 23.8 Å². The summed E-state index contributed by atoms with van der Waals surface area (Å²) >= 11 is 0. The average Bonchev–Trinajstić information content (AvgIpc) is 3.57. The Morgan fingerprint density at radius 3 is 2.77 bits per heavy atom. The van der Waals surface area contributed by atoms with Crippen LogP contribution in [0.25, 0.3) is 11.6 Å². The zero-order valence-corrected chi connectivity index (χ0v) is 22.0. The van der Waals surface area contributed by atoms with Gasteiger partial charge in [0.25, 0.3) is 11.8 Å². The van der Waals surface area contributed by atoms with Crippen LogP contribution in [0.4, 0.5) is 24.9 Å². The molecule has 0 saturated heterocycles. The van der Waals surface area contributed by atoms with Crippen molar-refractivity contribution in [3.05, 3.63) is 77.0 Å². The molecular weight excluding hydrogens is 525 g/mol. The van der Waals surface area contributed by atoms with Gasteiger partial charge in [-0.1, -0.05) is 41.5 Å². The predicted octanol–water partition coefficient (Wildman–Crippen LogP) is 5.60. The third-order valence-corrected chi connectivity index (χ3v) is 6.71. The van der Waals surface area contributed by atoms with E-state index in [2.05, 4.69) is 30.8 Å². The zero-order chi connectivity index (χ0) is 28.4. The average molecular weight is 553 g/mol. The van der Waals surface area contributed by atoms with Crippen molar-refractivity contribution in [3.8, 4) is 11.6 Å². The van der Waals surface area contributed by atoms with E-state index in [1.54, 1.807) is 13.2 Å². The molecule has 1 amide bonds. The number of fused-ring (bicyclic) bond motifs is 1. The number of aromatic nitrogens is 3. The number of benzodiazepines with no additional fused rings is 1. The SMILES string of the molecule is C/C=C\C(=C/C)C1=N[C@H](Nc2nnc(-c3ncc(C(F)(F)F)cc3[C@@H]3C[C@H]3COC)o2)C(=O)Nc2ccccc21. The van der Waals surface area contributed by atoms with Crippen molar-refractivity contribution in [1.82, 2.24) is 15.2 Å². The number of hydrogen-bond acceptors (Lipinski definition) is 8. The Hall–Kier alpha value is -4.32. The fourth-order valence-corrected chi connectivity index (χ4v) is 4.70. The molecule has 1 fully saturated rings. The molecule has 2 aliphatic rings. The molecule has 1 aliphatic heterocycles. The van der Waals surface area contributed by atoms with Crippen LogP contribution in [-0.4, -0.2) is 46.7 Å². The molecule has 1 aromatic carbocycles. The summed E-state index contributed by atoms with van der Waals surface area (Å²) in [5, 5.41) is 13.7. The summed E-state index contributed by atoms with van der Waals surface area (Å²) in [5.74, 6) is -0.639. The van der Waals surface area contributed by atoms with Gasteiger partial charge in [0.1, 0.15) is 5.69 Å². The summed E-state index contributed by atoms with van der Waals surface area (Å²) < 4.78 is 51.3. The molecule has 0 spiro atoms. The minimum atomic E-state index is -4.55. The van der Waals surface area contributed by atoms with Gasteiger partial charge in [0, 0.05) is 25.5 Å². The highest BCUT2D eigenvalue weighted by Crippen LogP contribution is 2.50. The molecule has 3 atom stereocenters. The largest absolute Gasteiger partial charge is 0.417 e. The smallest absolute Gasteiger partial charge is 0.402 e. The maximum absolute atomic E-state index is 13.4. The second kappa shape index (κ2) is 11.0. The van der Waals surface area contributed by atoms with Crippen LogP contribution in [-0.2, 0) is 15.7 Å². The first-order chi connectivity index (χ1) is 19.2. The summed E-state index contributed by atoms with van der Waals surface area (Å²) in [5.41, 5.74) is 2.38. The van der Waals surface area contributed by atoms with Crippen LogP contribution in [0.3, 0.4) is 0 Å². The minimum Gasteiger partial charge on any atom is -0.402 e. The van der Waals surface area contributed by atoms with Crippen molar-refractivity contribution in [2.45, 2.75) is 38.5 Å². The maximum atomic E-state index is 13.4. The number of amides is 1. The summed E-state index contributed by atoms with van der Waals surface area (Å²) in [6, 6.07) is 8.26. The Kier molecular flexibility index (Phi) is 7.53. The lowest BCUT2D eigenvalue weighted by Gasteiger charge is -2.12. The molecule has 3 heterocycles. The van der Waals surface area contributed by atoms with Gasteiger partial charge in [-0.05, 0) is 55.4 Å². The first-order valence-corrected chi connectivity index (χ1v) is 12.7. The van der Waals surface area contributed by atoms with Crippen LogP contribution in [0.5, 0.6) is 0 Å². The first kappa shape index (κ1) is 27.3. The van der Waals surface area contributed by atoms with Crippen LogP contribution >= 0.6 is 0 Å². The number of nitrogens with zero attached hydrogens (tertiary/aromatic N) is 4. The summed E-state index contributed by atoms with van der Waals surface area (Å²) in [7, 11) is 1.55. The lowest BCUT2D eigenvalue weighted by Crippen LogP contribution is -2.32. The topological polar surface area (TPSA) is 115 Å². The van der Waals surface area contributed by atoms with Gasteiger partial charge < -0.3 is 19.8 Å². The Labute approximate surface area is 228 Å². The van der Waals surface area contributed by atoms with E-state index in [9.17, 15) is 18.0 Å². The van der Waals surface area contributed by atoms with Crippen molar-refractivity contribution in [1.29, 1.82) is 0 Å². The van der Waals surface area contributed by atoms with E-state index in [1.807, 2.05) is 50.3 Å². The number of rotatable bonds is 8. The second-order valence-electron chi connectivity index (χ2n) is 9.43. The first-order valence-electron chi connectivity index (χ1n) is 12.7. The lowest BCUT2D eigenvalue weighted by atomic mass is 10.00. The number of benzene rings is 1. The Morgan fingerprint density at radius 1 is 1.25 bits per heavy atom. The number of carbonyl (C=O) groups excluding carboxylic acids is 1. The Morgan fingerprint density at radius 2 is 2.05 bits per heavy atom. The van der Waals surface area contributed by atoms with E-state index in [4.69, 9.17) is 9.15 Å². The van der Waals surface area contributed by atoms with Gasteiger partial charge in [0.05, 0.1) is 17.0 Å². The highest BCUT2D eigenvalue weighted by atomic mass is 19.4. The second-order valence-corrected chi connectivity index (χ2v) is 9.43. The maximum Gasteiger partial charge on any atom is 0.417 e. The van der Waals surface area contributed by atoms with Gasteiger partial charge in [0.2, 0.25) is 6.17 Å². The summed E-state index contributed by atoms with van der Waals surface area (Å²) in [4.78, 5) is 21.8. The predicted molar refractivity (Wildman–Crippen MR) is 143 cm³/mol. The molecule has 9 nitrogen and oxygen atoms in total. The molecule has 2 aromatic heterocycles. The fourth-order valence-electron chi connectivity index (χ4n) is 4.70. The number of pyridine rings is 1. The molecule has 5 rings (SSSR count). The van der Waals surface area contributed by atoms with E-state index in [-0.39, 0.29) is 29.4 Å². The van der Waals surface area contributed by atoms with E-state index in [0.29, 0.717) is 30.0 Å². The third-order valence-electron chi connectivity index (χ3n) is 6.71. The van der Waals surface area contributed by atoms with Crippen molar-refractivity contribution in [2.75, 3.05) is 24.4 Å². The number of aliphatic imine (C=N–C) groups is 1. The van der Waals surface area contributed by atoms with Crippen molar-refractivity contribution in [3.63, 3.8) is 0 Å². The summed E-state index contributed by atoms with van der Waals surface area (Å²) in [6.45, 7) is 4.17. The third kappa shape index (κ3) is 5.53. The molecule has 40 heavy (non-hydrogen) atoms. The molecule has 0 unspecified atom stereocenters. The van der Waals surface area contributed by atoms with Crippen LogP contribution in [0.1, 0.15) is 42.9 Å². The molecule has 208 valence electrons. The number of para-hydroxylation sites is 1. The molecule has 0 bridgehead atoms.